The Morgan fingerprint density at radius 2 is 1.79 bits per heavy atom. The summed E-state index contributed by atoms with van der Waals surface area (Å²) in [6, 6.07) is 18.9. The Bertz CT molecular complexity index is 1370. The number of aliphatic hydroxyl groups is 1. The maximum atomic E-state index is 13.7. The lowest BCUT2D eigenvalue weighted by Gasteiger charge is -2.38. The highest BCUT2D eigenvalue weighted by atomic mass is 19.4. The number of carbonyl (C=O) groups is 2. The predicted octanol–water partition coefficient (Wildman–Crippen LogP) is 5.24. The van der Waals surface area contributed by atoms with Crippen LogP contribution in [0.1, 0.15) is 40.9 Å². The van der Waals surface area contributed by atoms with Crippen molar-refractivity contribution >= 4 is 17.5 Å². The second kappa shape index (κ2) is 13.4. The number of hydrogen-bond acceptors (Lipinski definition) is 5. The fourth-order valence-electron chi connectivity index (χ4n) is 4.99. The molecule has 224 valence electrons. The van der Waals surface area contributed by atoms with Gasteiger partial charge in [0.25, 0.3) is 5.91 Å². The third-order valence-corrected chi connectivity index (χ3v) is 7.38. The average Bonchev–Trinajstić information content (AvgIpc) is 2.95. The minimum Gasteiger partial charge on any atom is -0.488 e. The molecule has 7 nitrogen and oxygen atoms in total. The molecule has 0 saturated carbocycles. The van der Waals surface area contributed by atoms with Gasteiger partial charge in [-0.2, -0.15) is 13.2 Å². The van der Waals surface area contributed by atoms with Crippen LogP contribution in [0.2, 0.25) is 0 Å². The third-order valence-electron chi connectivity index (χ3n) is 7.38. The minimum atomic E-state index is -4.39. The van der Waals surface area contributed by atoms with Crippen molar-refractivity contribution in [3.63, 3.8) is 0 Å². The molecule has 0 spiro atoms. The van der Waals surface area contributed by atoms with Crippen molar-refractivity contribution in [3.8, 4) is 5.75 Å². The van der Waals surface area contributed by atoms with E-state index in [0.29, 0.717) is 31.1 Å². The number of anilines is 1. The van der Waals surface area contributed by atoms with E-state index in [9.17, 15) is 27.9 Å². The number of carbonyl (C=O) groups excluding carboxylic acids is 2. The van der Waals surface area contributed by atoms with Crippen LogP contribution in [0.15, 0.2) is 72.8 Å². The first-order valence-corrected chi connectivity index (χ1v) is 13.9. The second-order valence-electron chi connectivity index (χ2n) is 10.9. The summed E-state index contributed by atoms with van der Waals surface area (Å²) in [6.07, 6.45) is -4.58. The van der Waals surface area contributed by atoms with Gasteiger partial charge in [-0.1, -0.05) is 49.4 Å². The monoisotopic (exact) mass is 583 g/mol. The first kappa shape index (κ1) is 31.1. The van der Waals surface area contributed by atoms with Crippen molar-refractivity contribution in [2.24, 2.45) is 5.92 Å². The lowest BCUT2D eigenvalue weighted by Crippen LogP contribution is -2.49. The highest BCUT2D eigenvalue weighted by molar-refractivity contribution is 6.00. The first-order valence-electron chi connectivity index (χ1n) is 13.9. The normalized spacial score (nSPS) is 18.1. The number of aliphatic hydroxyl groups excluding tert-OH is 1. The quantitative estimate of drug-likeness (QED) is 0.360. The molecular weight excluding hydrogens is 547 g/mol. The molecule has 1 aliphatic heterocycles. The molecule has 1 aliphatic rings. The van der Waals surface area contributed by atoms with E-state index in [1.54, 1.807) is 30.0 Å². The topological polar surface area (TPSA) is 82.1 Å². The summed E-state index contributed by atoms with van der Waals surface area (Å²) >= 11 is 0. The van der Waals surface area contributed by atoms with E-state index in [4.69, 9.17) is 4.74 Å². The highest BCUT2D eigenvalue weighted by Gasteiger charge is 2.34. The summed E-state index contributed by atoms with van der Waals surface area (Å²) in [5, 5.41) is 12.8. The molecule has 0 unspecified atom stereocenters. The van der Waals surface area contributed by atoms with E-state index >= 15 is 0 Å². The Morgan fingerprint density at radius 3 is 2.43 bits per heavy atom. The van der Waals surface area contributed by atoms with Gasteiger partial charge < -0.3 is 20.1 Å². The van der Waals surface area contributed by atoms with E-state index < -0.39 is 17.8 Å². The molecule has 2 N–H and O–H groups in total. The number of benzene rings is 3. The van der Waals surface area contributed by atoms with Crippen LogP contribution in [0.4, 0.5) is 18.9 Å². The standard InChI is InChI=1S/C32H36F3N3O4/c1-21-17-38(22(2)20-39)31(41)27-16-26(36-30(40)15-23-7-5-4-6-8-23)13-14-28(27)42-29(21)19-37(3)18-24-9-11-25(12-10-24)32(33,34)35/h4-14,16,21-22,29,39H,15,17-20H2,1-3H3,(H,36,40)/t21-,22-,29+/m0/s1. The fraction of sp³-hybridized carbons (Fsp3) is 0.375. The number of nitrogens with zero attached hydrogens (tertiary/aromatic N) is 2. The SMILES string of the molecule is C[C@H]1CN([C@@H](C)CO)C(=O)c2cc(NC(=O)Cc3ccccc3)ccc2O[C@@H]1CN(C)Cc1ccc(C(F)(F)F)cc1. The van der Waals surface area contributed by atoms with Crippen molar-refractivity contribution < 1.29 is 32.6 Å². The molecule has 10 heteroatoms. The van der Waals surface area contributed by atoms with E-state index in [-0.39, 0.29) is 42.4 Å². The van der Waals surface area contributed by atoms with Gasteiger partial charge in [0.15, 0.2) is 0 Å². The number of ether oxygens (including phenoxy) is 1. The van der Waals surface area contributed by atoms with Gasteiger partial charge >= 0.3 is 6.18 Å². The fourth-order valence-corrected chi connectivity index (χ4v) is 4.99. The van der Waals surface area contributed by atoms with Crippen LogP contribution < -0.4 is 10.1 Å². The van der Waals surface area contributed by atoms with E-state index in [1.165, 1.54) is 12.1 Å². The third kappa shape index (κ3) is 7.89. The summed E-state index contributed by atoms with van der Waals surface area (Å²) in [5.41, 5.74) is 1.62. The van der Waals surface area contributed by atoms with E-state index in [1.807, 2.05) is 49.2 Å². The van der Waals surface area contributed by atoms with Gasteiger partial charge in [-0.3, -0.25) is 14.5 Å². The van der Waals surface area contributed by atoms with Crippen LogP contribution in [0, 0.1) is 5.92 Å². The van der Waals surface area contributed by atoms with Crippen LogP contribution >= 0.6 is 0 Å². The Kier molecular flexibility index (Phi) is 9.90. The molecule has 0 saturated heterocycles. The van der Waals surface area contributed by atoms with Gasteiger partial charge in [-0.15, -0.1) is 0 Å². The molecular formula is C32H36F3N3O4. The lowest BCUT2D eigenvalue weighted by atomic mass is 9.99. The molecule has 0 aromatic heterocycles. The van der Waals surface area contributed by atoms with Crippen LogP contribution in [0.5, 0.6) is 5.75 Å². The van der Waals surface area contributed by atoms with Crippen LogP contribution in [0.25, 0.3) is 0 Å². The molecule has 0 radical (unpaired) electrons. The number of rotatable bonds is 9. The second-order valence-corrected chi connectivity index (χ2v) is 10.9. The van der Waals surface area contributed by atoms with Crippen molar-refractivity contribution in [2.45, 2.75) is 45.1 Å². The molecule has 3 atom stereocenters. The summed E-state index contributed by atoms with van der Waals surface area (Å²) < 4.78 is 45.3. The van der Waals surface area contributed by atoms with Crippen LogP contribution in [-0.4, -0.2) is 65.6 Å². The summed E-state index contributed by atoms with van der Waals surface area (Å²) in [7, 11) is 1.86. The number of amides is 2. The molecule has 2 amide bonds. The molecule has 3 aromatic carbocycles. The molecule has 0 bridgehead atoms. The lowest BCUT2D eigenvalue weighted by molar-refractivity contribution is -0.137. The first-order chi connectivity index (χ1) is 19.9. The number of nitrogens with one attached hydrogen (secondary N) is 1. The zero-order valence-corrected chi connectivity index (χ0v) is 23.9. The predicted molar refractivity (Wildman–Crippen MR) is 154 cm³/mol. The number of alkyl halides is 3. The highest BCUT2D eigenvalue weighted by Crippen LogP contribution is 2.32. The van der Waals surface area contributed by atoms with Crippen LogP contribution in [-0.2, 0) is 23.9 Å². The van der Waals surface area contributed by atoms with Gasteiger partial charge in [0.2, 0.25) is 5.91 Å². The van der Waals surface area contributed by atoms with Crippen molar-refractivity contribution in [1.29, 1.82) is 0 Å². The maximum Gasteiger partial charge on any atom is 0.416 e. The van der Waals surface area contributed by atoms with Crippen molar-refractivity contribution in [3.05, 3.63) is 95.1 Å². The number of halogens is 3. The zero-order chi connectivity index (χ0) is 30.4. The van der Waals surface area contributed by atoms with Gasteiger partial charge in [0.1, 0.15) is 11.9 Å². The molecule has 1 heterocycles. The van der Waals surface area contributed by atoms with E-state index in [2.05, 4.69) is 5.32 Å². The Labute approximate surface area is 243 Å². The Balaban J connectivity index is 1.53. The summed E-state index contributed by atoms with van der Waals surface area (Å²) in [5.74, 6) is -0.307. The van der Waals surface area contributed by atoms with Gasteiger partial charge in [-0.05, 0) is 55.4 Å². The molecule has 42 heavy (non-hydrogen) atoms. The van der Waals surface area contributed by atoms with Crippen molar-refractivity contribution in [2.75, 3.05) is 32.1 Å². The smallest absolute Gasteiger partial charge is 0.416 e. The Morgan fingerprint density at radius 1 is 1.10 bits per heavy atom. The molecule has 0 fully saturated rings. The number of hydrogen-bond donors (Lipinski definition) is 2. The number of likely N-dealkylation sites (N-methyl/N-ethyl adjacent to an activating group) is 1. The molecule has 0 aliphatic carbocycles. The van der Waals surface area contributed by atoms with Gasteiger partial charge in [-0.25, -0.2) is 0 Å². The minimum absolute atomic E-state index is 0.128. The van der Waals surface area contributed by atoms with Crippen molar-refractivity contribution in [1.82, 2.24) is 9.80 Å². The maximum absolute atomic E-state index is 13.7. The summed E-state index contributed by atoms with van der Waals surface area (Å²) in [6.45, 7) is 4.67. The molecule has 3 aromatic rings. The zero-order valence-electron chi connectivity index (χ0n) is 23.9. The largest absolute Gasteiger partial charge is 0.488 e. The summed E-state index contributed by atoms with van der Waals surface area (Å²) in [4.78, 5) is 29.9. The van der Waals surface area contributed by atoms with Gasteiger partial charge in [0, 0.05) is 31.2 Å². The molecule has 4 rings (SSSR count). The van der Waals surface area contributed by atoms with Gasteiger partial charge in [0.05, 0.1) is 30.2 Å². The average molecular weight is 584 g/mol. The Hall–Kier alpha value is -3.89. The number of fused-ring (bicyclic) bond motifs is 1. The van der Waals surface area contributed by atoms with E-state index in [0.717, 1.165) is 23.3 Å². The van der Waals surface area contributed by atoms with Crippen LogP contribution in [0.3, 0.4) is 0 Å².